The van der Waals surface area contributed by atoms with Crippen molar-refractivity contribution in [1.82, 2.24) is 4.90 Å². The normalized spacial score (nSPS) is 13.7. The minimum absolute atomic E-state index is 0.0990. The van der Waals surface area contributed by atoms with Crippen molar-refractivity contribution in [3.05, 3.63) is 89.5 Å². The Morgan fingerprint density at radius 3 is 2.15 bits per heavy atom. The van der Waals surface area contributed by atoms with Gasteiger partial charge in [-0.15, -0.1) is 0 Å². The Morgan fingerprint density at radius 2 is 1.55 bits per heavy atom. The molecule has 0 radical (unpaired) electrons. The van der Waals surface area contributed by atoms with Gasteiger partial charge in [-0.2, -0.15) is 0 Å². The number of nitrogens with one attached hydrogen (secondary N) is 2. The Morgan fingerprint density at radius 1 is 0.909 bits per heavy atom. The summed E-state index contributed by atoms with van der Waals surface area (Å²) in [5.41, 5.74) is 3.45. The maximum Gasteiger partial charge on any atom is 0.261 e. The van der Waals surface area contributed by atoms with E-state index < -0.39 is 10.0 Å². The molecule has 0 unspecified atom stereocenters. The lowest BCUT2D eigenvalue weighted by Gasteiger charge is -2.15. The fourth-order valence-electron chi connectivity index (χ4n) is 3.61. The smallest absolute Gasteiger partial charge is 0.261 e. The van der Waals surface area contributed by atoms with Crippen molar-refractivity contribution in [2.75, 3.05) is 16.6 Å². The highest BCUT2D eigenvalue weighted by atomic mass is 32.2. The zero-order chi connectivity index (χ0) is 23.4. The quantitative estimate of drug-likeness (QED) is 0.550. The van der Waals surface area contributed by atoms with Crippen LogP contribution in [0.4, 0.5) is 11.4 Å². The van der Waals surface area contributed by atoms with Crippen molar-refractivity contribution in [2.24, 2.45) is 0 Å². The van der Waals surface area contributed by atoms with Crippen molar-refractivity contribution < 1.29 is 18.0 Å². The Labute approximate surface area is 193 Å². The van der Waals surface area contributed by atoms with E-state index in [9.17, 15) is 18.0 Å². The SMILES string of the molecule is Cc1ccc(NS(=O)(=O)c2ccc(NC(=O)c3ccc(CN4CCCC4=O)cc3)cc2)cc1. The summed E-state index contributed by atoms with van der Waals surface area (Å²) in [4.78, 5) is 26.2. The van der Waals surface area contributed by atoms with Crippen molar-refractivity contribution in [3.8, 4) is 0 Å². The maximum absolute atomic E-state index is 12.6. The number of likely N-dealkylation sites (tertiary alicyclic amines) is 1. The predicted molar refractivity (Wildman–Crippen MR) is 127 cm³/mol. The first-order valence-electron chi connectivity index (χ1n) is 10.7. The molecule has 1 aliphatic rings. The number of anilines is 2. The van der Waals surface area contributed by atoms with Crippen LogP contribution in [0.3, 0.4) is 0 Å². The molecule has 1 fully saturated rings. The molecule has 2 N–H and O–H groups in total. The highest BCUT2D eigenvalue weighted by molar-refractivity contribution is 7.92. The Balaban J connectivity index is 1.37. The van der Waals surface area contributed by atoms with Gasteiger partial charge in [0.25, 0.3) is 15.9 Å². The number of rotatable bonds is 7. The Kier molecular flexibility index (Phi) is 6.46. The summed E-state index contributed by atoms with van der Waals surface area (Å²) >= 11 is 0. The van der Waals surface area contributed by atoms with Gasteiger partial charge in [0.05, 0.1) is 4.90 Å². The van der Waals surface area contributed by atoms with Crippen LogP contribution >= 0.6 is 0 Å². The lowest BCUT2D eigenvalue weighted by molar-refractivity contribution is -0.128. The first kappa shape index (κ1) is 22.5. The second-order valence-electron chi connectivity index (χ2n) is 8.07. The summed E-state index contributed by atoms with van der Waals surface area (Å²) in [5, 5.41) is 2.77. The zero-order valence-electron chi connectivity index (χ0n) is 18.2. The van der Waals surface area contributed by atoms with E-state index in [1.54, 1.807) is 36.4 Å². The fourth-order valence-corrected chi connectivity index (χ4v) is 4.67. The summed E-state index contributed by atoms with van der Waals surface area (Å²) < 4.78 is 27.7. The van der Waals surface area contributed by atoms with Crippen LogP contribution < -0.4 is 10.0 Å². The third-order valence-electron chi connectivity index (χ3n) is 5.49. The van der Waals surface area contributed by atoms with Gasteiger partial charge in [0.1, 0.15) is 0 Å². The molecule has 33 heavy (non-hydrogen) atoms. The number of carbonyl (C=O) groups is 2. The topological polar surface area (TPSA) is 95.6 Å². The molecule has 0 aliphatic carbocycles. The van der Waals surface area contributed by atoms with Gasteiger partial charge in [-0.05, 0) is 67.4 Å². The standard InChI is InChI=1S/C25H25N3O4S/c1-18-4-10-22(11-5-18)27-33(31,32)23-14-12-21(13-15-23)26-25(30)20-8-6-19(7-9-20)17-28-16-2-3-24(28)29/h4-15,27H,2-3,16-17H2,1H3,(H,26,30). The molecular weight excluding hydrogens is 438 g/mol. The third-order valence-corrected chi connectivity index (χ3v) is 6.88. The first-order chi connectivity index (χ1) is 15.8. The molecule has 7 nitrogen and oxygen atoms in total. The van der Waals surface area contributed by atoms with Gasteiger partial charge in [-0.3, -0.25) is 14.3 Å². The summed E-state index contributed by atoms with van der Waals surface area (Å²) in [6.07, 6.45) is 1.49. The maximum atomic E-state index is 12.6. The Hall–Kier alpha value is -3.65. The predicted octanol–water partition coefficient (Wildman–Crippen LogP) is 4.17. The molecule has 1 aliphatic heterocycles. The number of hydrogen-bond donors (Lipinski definition) is 2. The van der Waals surface area contributed by atoms with E-state index in [1.807, 2.05) is 36.1 Å². The summed E-state index contributed by atoms with van der Waals surface area (Å²) in [6.45, 7) is 3.25. The molecular formula is C25H25N3O4S. The van der Waals surface area contributed by atoms with E-state index in [4.69, 9.17) is 0 Å². The monoisotopic (exact) mass is 463 g/mol. The summed E-state index contributed by atoms with van der Waals surface area (Å²) in [7, 11) is -3.73. The van der Waals surface area contributed by atoms with Crippen molar-refractivity contribution in [3.63, 3.8) is 0 Å². The van der Waals surface area contributed by atoms with E-state index in [0.29, 0.717) is 29.9 Å². The lowest BCUT2D eigenvalue weighted by Crippen LogP contribution is -2.23. The van der Waals surface area contributed by atoms with Gasteiger partial charge in [0.15, 0.2) is 0 Å². The number of sulfonamides is 1. The zero-order valence-corrected chi connectivity index (χ0v) is 19.1. The van der Waals surface area contributed by atoms with Crippen LogP contribution in [0.25, 0.3) is 0 Å². The van der Waals surface area contributed by atoms with E-state index in [0.717, 1.165) is 24.1 Å². The van der Waals surface area contributed by atoms with Crippen molar-refractivity contribution >= 4 is 33.2 Å². The lowest BCUT2D eigenvalue weighted by atomic mass is 10.1. The minimum Gasteiger partial charge on any atom is -0.338 e. The van der Waals surface area contributed by atoms with Crippen molar-refractivity contribution in [2.45, 2.75) is 31.2 Å². The molecule has 0 atom stereocenters. The molecule has 1 heterocycles. The second kappa shape index (κ2) is 9.46. The fraction of sp³-hybridized carbons (Fsp3) is 0.200. The van der Waals surface area contributed by atoms with Crippen LogP contribution in [-0.4, -0.2) is 31.7 Å². The van der Waals surface area contributed by atoms with Crippen molar-refractivity contribution in [1.29, 1.82) is 0 Å². The number of carbonyl (C=O) groups excluding carboxylic acids is 2. The highest BCUT2D eigenvalue weighted by Gasteiger charge is 2.20. The molecule has 1 saturated heterocycles. The summed E-state index contributed by atoms with van der Waals surface area (Å²) in [5.74, 6) is -0.136. The Bertz CT molecular complexity index is 1250. The van der Waals surface area contributed by atoms with Crippen LogP contribution in [-0.2, 0) is 21.4 Å². The molecule has 0 aromatic heterocycles. The van der Waals surface area contributed by atoms with E-state index >= 15 is 0 Å². The van der Waals surface area contributed by atoms with Gasteiger partial charge in [-0.1, -0.05) is 29.8 Å². The van der Waals surface area contributed by atoms with Crippen LogP contribution in [0.2, 0.25) is 0 Å². The third kappa shape index (κ3) is 5.59. The number of aryl methyl sites for hydroxylation is 1. The number of nitrogens with zero attached hydrogens (tertiary/aromatic N) is 1. The van der Waals surface area contributed by atoms with E-state index in [1.165, 1.54) is 12.1 Å². The van der Waals surface area contributed by atoms with Gasteiger partial charge in [-0.25, -0.2) is 8.42 Å². The molecule has 0 bridgehead atoms. The van der Waals surface area contributed by atoms with Crippen LogP contribution in [0, 0.1) is 6.92 Å². The van der Waals surface area contributed by atoms with E-state index in [2.05, 4.69) is 10.0 Å². The molecule has 3 aromatic rings. The number of benzene rings is 3. The molecule has 3 aromatic carbocycles. The molecule has 2 amide bonds. The van der Waals surface area contributed by atoms with Crippen LogP contribution in [0.1, 0.15) is 34.3 Å². The number of amides is 2. The molecule has 8 heteroatoms. The average molecular weight is 464 g/mol. The van der Waals surface area contributed by atoms with E-state index in [-0.39, 0.29) is 16.7 Å². The minimum atomic E-state index is -3.73. The van der Waals surface area contributed by atoms with Gasteiger partial charge in [0.2, 0.25) is 5.91 Å². The van der Waals surface area contributed by atoms with Crippen LogP contribution in [0.5, 0.6) is 0 Å². The molecule has 0 spiro atoms. The molecule has 0 saturated carbocycles. The summed E-state index contributed by atoms with van der Waals surface area (Å²) in [6, 6.07) is 20.2. The van der Waals surface area contributed by atoms with Crippen LogP contribution in [0.15, 0.2) is 77.7 Å². The van der Waals surface area contributed by atoms with Gasteiger partial charge in [0, 0.05) is 36.4 Å². The molecule has 4 rings (SSSR count). The second-order valence-corrected chi connectivity index (χ2v) is 9.75. The van der Waals surface area contributed by atoms with Gasteiger partial charge >= 0.3 is 0 Å². The van der Waals surface area contributed by atoms with Gasteiger partial charge < -0.3 is 10.2 Å². The largest absolute Gasteiger partial charge is 0.338 e. The molecule has 170 valence electrons. The average Bonchev–Trinajstić information content (AvgIpc) is 3.20. The first-order valence-corrected chi connectivity index (χ1v) is 12.2. The number of hydrogen-bond acceptors (Lipinski definition) is 4. The highest BCUT2D eigenvalue weighted by Crippen LogP contribution is 2.20.